The van der Waals surface area contributed by atoms with Gasteiger partial charge in [-0.15, -0.1) is 13.2 Å². The highest BCUT2D eigenvalue weighted by Crippen LogP contribution is 2.39. The molecule has 1 amide bonds. The van der Waals surface area contributed by atoms with Crippen molar-refractivity contribution in [2.45, 2.75) is 12.1 Å². The Morgan fingerprint density at radius 3 is 2.65 bits per heavy atom. The van der Waals surface area contributed by atoms with Crippen LogP contribution in [-0.2, 0) is 5.72 Å². The molecule has 0 bridgehead atoms. The molecule has 0 saturated heterocycles. The van der Waals surface area contributed by atoms with Crippen molar-refractivity contribution >= 4 is 5.91 Å². The number of nitrogens with zero attached hydrogens (tertiary/aromatic N) is 1. The molecule has 0 aliphatic carbocycles. The zero-order chi connectivity index (χ0) is 12.5. The van der Waals surface area contributed by atoms with Crippen LogP contribution in [-0.4, -0.2) is 22.5 Å². The molecule has 0 radical (unpaired) electrons. The molecule has 0 spiro atoms. The van der Waals surface area contributed by atoms with E-state index in [1.807, 2.05) is 6.07 Å². The Bertz CT molecular complexity index is 481. The lowest BCUT2D eigenvalue weighted by molar-refractivity contribution is -0.0764. The number of aliphatic hydroxyl groups is 1. The minimum atomic E-state index is -1.29. The van der Waals surface area contributed by atoms with Crippen molar-refractivity contribution in [3.8, 4) is 0 Å². The number of fused-ring (bicyclic) bond motifs is 1. The Balaban J connectivity index is 2.56. The van der Waals surface area contributed by atoms with Gasteiger partial charge >= 0.3 is 0 Å². The quantitative estimate of drug-likeness (QED) is 0.803. The summed E-state index contributed by atoms with van der Waals surface area (Å²) in [7, 11) is 0. The van der Waals surface area contributed by atoms with Gasteiger partial charge in [-0.25, -0.2) is 0 Å². The van der Waals surface area contributed by atoms with Crippen molar-refractivity contribution in [1.29, 1.82) is 0 Å². The van der Waals surface area contributed by atoms with Gasteiger partial charge in [-0.1, -0.05) is 30.4 Å². The maximum atomic E-state index is 12.2. The first-order chi connectivity index (χ1) is 8.15. The fourth-order valence-electron chi connectivity index (χ4n) is 2.26. The molecule has 88 valence electrons. The van der Waals surface area contributed by atoms with E-state index in [-0.39, 0.29) is 5.91 Å². The smallest absolute Gasteiger partial charge is 0.257 e. The van der Waals surface area contributed by atoms with Gasteiger partial charge in [-0.2, -0.15) is 0 Å². The molecule has 1 heterocycles. The zero-order valence-electron chi connectivity index (χ0n) is 9.60. The van der Waals surface area contributed by atoms with E-state index in [0.29, 0.717) is 24.1 Å². The average Bonchev–Trinajstić information content (AvgIpc) is 2.54. The summed E-state index contributed by atoms with van der Waals surface area (Å²) >= 11 is 0. The molecule has 1 unspecified atom stereocenters. The van der Waals surface area contributed by atoms with E-state index in [1.165, 1.54) is 4.90 Å². The number of carbonyl (C=O) groups is 1. The second-order valence-corrected chi connectivity index (χ2v) is 4.06. The highest BCUT2D eigenvalue weighted by atomic mass is 16.3. The first kappa shape index (κ1) is 11.6. The van der Waals surface area contributed by atoms with Gasteiger partial charge in [-0.05, 0) is 6.07 Å². The summed E-state index contributed by atoms with van der Waals surface area (Å²) in [6.45, 7) is 7.57. The van der Waals surface area contributed by atoms with Crippen molar-refractivity contribution in [3.05, 3.63) is 60.7 Å². The predicted molar refractivity (Wildman–Crippen MR) is 66.4 cm³/mol. The van der Waals surface area contributed by atoms with Gasteiger partial charge in [0.2, 0.25) is 0 Å². The predicted octanol–water partition coefficient (Wildman–Crippen LogP) is 2.05. The minimum Gasteiger partial charge on any atom is -0.366 e. The summed E-state index contributed by atoms with van der Waals surface area (Å²) in [5.74, 6) is -0.162. The Kier molecular flexibility index (Phi) is 2.86. The van der Waals surface area contributed by atoms with Crippen LogP contribution in [0.25, 0.3) is 0 Å². The third-order valence-corrected chi connectivity index (χ3v) is 3.02. The summed E-state index contributed by atoms with van der Waals surface area (Å²) in [5.41, 5.74) is -0.0886. The van der Waals surface area contributed by atoms with E-state index in [2.05, 4.69) is 13.2 Å². The van der Waals surface area contributed by atoms with Gasteiger partial charge in [0.25, 0.3) is 5.91 Å². The fourth-order valence-corrected chi connectivity index (χ4v) is 2.26. The van der Waals surface area contributed by atoms with E-state index in [1.54, 1.807) is 30.4 Å². The first-order valence-corrected chi connectivity index (χ1v) is 5.51. The number of hydrogen-bond donors (Lipinski definition) is 1. The maximum absolute atomic E-state index is 12.2. The van der Waals surface area contributed by atoms with Crippen LogP contribution in [0.15, 0.2) is 49.6 Å². The molecular weight excluding hydrogens is 214 g/mol. The number of carbonyl (C=O) groups excluding carboxylic acids is 1. The normalized spacial score (nSPS) is 22.4. The third kappa shape index (κ3) is 1.59. The lowest BCUT2D eigenvalue weighted by Crippen LogP contribution is -2.43. The zero-order valence-corrected chi connectivity index (χ0v) is 9.60. The van der Waals surface area contributed by atoms with Gasteiger partial charge < -0.3 is 10.0 Å². The van der Waals surface area contributed by atoms with E-state index in [4.69, 9.17) is 0 Å². The molecular formula is C14H15NO2. The standard InChI is InChI=1S/C14H15NO2/c1-3-9-14(17)12-8-6-5-7-11(12)13(16)15(14)10-4-2/h3-8,17H,1-2,9-10H2. The van der Waals surface area contributed by atoms with E-state index >= 15 is 0 Å². The van der Waals surface area contributed by atoms with Gasteiger partial charge in [0.05, 0.1) is 0 Å². The molecule has 1 aliphatic heterocycles. The number of rotatable bonds is 4. The van der Waals surface area contributed by atoms with Crippen LogP contribution < -0.4 is 0 Å². The molecule has 17 heavy (non-hydrogen) atoms. The monoisotopic (exact) mass is 229 g/mol. The number of benzene rings is 1. The largest absolute Gasteiger partial charge is 0.366 e. The second kappa shape index (κ2) is 4.18. The van der Waals surface area contributed by atoms with Crippen LogP contribution in [0.3, 0.4) is 0 Å². The van der Waals surface area contributed by atoms with Crippen LogP contribution >= 0.6 is 0 Å². The van der Waals surface area contributed by atoms with Crippen molar-refractivity contribution < 1.29 is 9.90 Å². The van der Waals surface area contributed by atoms with Gasteiger partial charge in [0.15, 0.2) is 5.72 Å². The third-order valence-electron chi connectivity index (χ3n) is 3.02. The summed E-state index contributed by atoms with van der Waals surface area (Å²) in [4.78, 5) is 13.6. The van der Waals surface area contributed by atoms with Gasteiger partial charge in [0, 0.05) is 24.1 Å². The Morgan fingerprint density at radius 1 is 1.29 bits per heavy atom. The SMILES string of the molecule is C=CCN1C(=O)c2ccccc2C1(O)CC=C. The van der Waals surface area contributed by atoms with Crippen LogP contribution in [0.4, 0.5) is 0 Å². The van der Waals surface area contributed by atoms with Crippen molar-refractivity contribution in [2.75, 3.05) is 6.54 Å². The van der Waals surface area contributed by atoms with Crippen molar-refractivity contribution in [3.63, 3.8) is 0 Å². The molecule has 1 N–H and O–H groups in total. The summed E-state index contributed by atoms with van der Waals surface area (Å²) in [5, 5.41) is 10.7. The Morgan fingerprint density at radius 2 is 2.00 bits per heavy atom. The first-order valence-electron chi connectivity index (χ1n) is 5.51. The summed E-state index contributed by atoms with van der Waals surface area (Å²) in [6.07, 6.45) is 3.53. The van der Waals surface area contributed by atoms with Gasteiger partial charge in [0.1, 0.15) is 0 Å². The Labute approximate surface area is 101 Å². The van der Waals surface area contributed by atoms with Gasteiger partial charge in [-0.3, -0.25) is 4.79 Å². The van der Waals surface area contributed by atoms with E-state index in [9.17, 15) is 9.90 Å². The van der Waals surface area contributed by atoms with Crippen LogP contribution in [0.5, 0.6) is 0 Å². The van der Waals surface area contributed by atoms with Crippen LogP contribution in [0.1, 0.15) is 22.3 Å². The second-order valence-electron chi connectivity index (χ2n) is 4.06. The molecule has 3 nitrogen and oxygen atoms in total. The molecule has 1 aromatic rings. The molecule has 2 rings (SSSR count). The summed E-state index contributed by atoms with van der Waals surface area (Å²) in [6, 6.07) is 7.12. The van der Waals surface area contributed by atoms with Crippen molar-refractivity contribution in [2.24, 2.45) is 0 Å². The molecule has 0 fully saturated rings. The average molecular weight is 229 g/mol. The van der Waals surface area contributed by atoms with Crippen molar-refractivity contribution in [1.82, 2.24) is 4.90 Å². The van der Waals surface area contributed by atoms with E-state index < -0.39 is 5.72 Å². The lowest BCUT2D eigenvalue weighted by Gasteiger charge is -2.32. The highest BCUT2D eigenvalue weighted by Gasteiger charge is 2.46. The molecule has 0 saturated carbocycles. The van der Waals surface area contributed by atoms with Crippen LogP contribution in [0.2, 0.25) is 0 Å². The minimum absolute atomic E-state index is 0.162. The lowest BCUT2D eigenvalue weighted by atomic mass is 9.98. The van der Waals surface area contributed by atoms with Crippen LogP contribution in [0, 0.1) is 0 Å². The Hall–Kier alpha value is -1.87. The molecule has 0 aromatic heterocycles. The molecule has 1 aromatic carbocycles. The topological polar surface area (TPSA) is 40.5 Å². The maximum Gasteiger partial charge on any atom is 0.257 e. The molecule has 3 heteroatoms. The molecule has 1 aliphatic rings. The number of amides is 1. The fraction of sp³-hybridized carbons (Fsp3) is 0.214. The molecule has 1 atom stereocenters. The highest BCUT2D eigenvalue weighted by molar-refractivity contribution is 5.99. The summed E-state index contributed by atoms with van der Waals surface area (Å²) < 4.78 is 0. The number of hydrogen-bond acceptors (Lipinski definition) is 2. The van der Waals surface area contributed by atoms with E-state index in [0.717, 1.165) is 0 Å².